The number of aliphatic hydroxyl groups is 1. The maximum Gasteiger partial charge on any atom is 0.184 e. The van der Waals surface area contributed by atoms with Crippen LogP contribution in [0, 0.1) is 0 Å². The molecule has 2 aromatic rings. The molecule has 1 heterocycles. The highest BCUT2D eigenvalue weighted by Crippen LogP contribution is 2.29. The van der Waals surface area contributed by atoms with Crippen molar-refractivity contribution in [2.75, 3.05) is 19.8 Å². The lowest BCUT2D eigenvalue weighted by atomic mass is 9.98. The fourth-order valence-electron chi connectivity index (χ4n) is 3.58. The Kier molecular flexibility index (Phi) is 10.1. The monoisotopic (exact) mass is 440 g/mol. The highest BCUT2D eigenvalue weighted by atomic mass is 16.7. The number of aliphatic hydroxyl groups excluding tert-OH is 1. The van der Waals surface area contributed by atoms with Crippen LogP contribution >= 0.6 is 0 Å². The number of hydrogen-bond donors (Lipinski definition) is 1. The van der Waals surface area contributed by atoms with Gasteiger partial charge in [0.1, 0.15) is 24.4 Å². The van der Waals surface area contributed by atoms with E-state index in [-0.39, 0.29) is 6.61 Å². The van der Waals surface area contributed by atoms with Gasteiger partial charge in [-0.3, -0.25) is 0 Å². The van der Waals surface area contributed by atoms with Crippen LogP contribution in [0.2, 0.25) is 0 Å². The van der Waals surface area contributed by atoms with Gasteiger partial charge in [0, 0.05) is 0 Å². The van der Waals surface area contributed by atoms with Gasteiger partial charge in [-0.05, 0) is 11.1 Å². The Bertz CT molecular complexity index is 796. The Balaban J connectivity index is 1.78. The maximum absolute atomic E-state index is 10.8. The number of hydrogen-bond acceptors (Lipinski definition) is 6. The molecule has 1 saturated heterocycles. The van der Waals surface area contributed by atoms with E-state index in [0.717, 1.165) is 11.1 Å². The first-order valence-electron chi connectivity index (χ1n) is 10.8. The smallest absolute Gasteiger partial charge is 0.184 e. The molecule has 0 aromatic heterocycles. The quantitative estimate of drug-likeness (QED) is 0.379. The molecule has 0 aliphatic carbocycles. The van der Waals surface area contributed by atoms with Crippen molar-refractivity contribution in [2.24, 2.45) is 0 Å². The van der Waals surface area contributed by atoms with Crippen molar-refractivity contribution in [1.29, 1.82) is 0 Å². The van der Waals surface area contributed by atoms with Crippen molar-refractivity contribution in [2.45, 2.75) is 43.9 Å². The minimum atomic E-state index is -1.19. The van der Waals surface area contributed by atoms with Crippen molar-refractivity contribution in [3.05, 3.63) is 97.1 Å². The first-order chi connectivity index (χ1) is 15.7. The summed E-state index contributed by atoms with van der Waals surface area (Å²) < 4.78 is 29.9. The number of ether oxygens (including phenoxy) is 5. The summed E-state index contributed by atoms with van der Waals surface area (Å²) in [7, 11) is 0. The van der Waals surface area contributed by atoms with Crippen LogP contribution in [0.1, 0.15) is 11.1 Å². The summed E-state index contributed by atoms with van der Waals surface area (Å²) in [4.78, 5) is 0. The fraction of sp³-hybridized carbons (Fsp3) is 0.385. The summed E-state index contributed by atoms with van der Waals surface area (Å²) in [5.41, 5.74) is 2.00. The second kappa shape index (κ2) is 13.3. The molecule has 6 nitrogen and oxygen atoms in total. The standard InChI is InChI=1S/C26H32O6/c1-3-15-28-19-22-23(29-16-4-2)24(30-17-20-11-7-5-8-12-20)25(26(27)32-22)31-18-21-13-9-6-10-14-21/h3-14,22-27H,1-2,15-19H2/t22-,23+,24+,25-,26+/m1/s1. The van der Waals surface area contributed by atoms with Crippen molar-refractivity contribution in [1.82, 2.24) is 0 Å². The lowest BCUT2D eigenvalue weighted by Crippen LogP contribution is -2.61. The minimum Gasteiger partial charge on any atom is -0.375 e. The van der Waals surface area contributed by atoms with Gasteiger partial charge in [0.15, 0.2) is 6.29 Å². The average molecular weight is 441 g/mol. The molecule has 6 heteroatoms. The Morgan fingerprint density at radius 2 is 1.31 bits per heavy atom. The van der Waals surface area contributed by atoms with Crippen molar-refractivity contribution >= 4 is 0 Å². The molecule has 172 valence electrons. The molecule has 0 amide bonds. The van der Waals surface area contributed by atoms with Gasteiger partial charge in [-0.1, -0.05) is 72.8 Å². The van der Waals surface area contributed by atoms with Gasteiger partial charge in [0.2, 0.25) is 0 Å². The zero-order chi connectivity index (χ0) is 22.6. The van der Waals surface area contributed by atoms with Crippen LogP contribution in [0.15, 0.2) is 86.0 Å². The Morgan fingerprint density at radius 3 is 1.88 bits per heavy atom. The molecule has 1 fully saturated rings. The van der Waals surface area contributed by atoms with Crippen LogP contribution in [-0.2, 0) is 36.9 Å². The second-order valence-corrected chi connectivity index (χ2v) is 7.50. The van der Waals surface area contributed by atoms with Crippen LogP contribution in [0.4, 0.5) is 0 Å². The summed E-state index contributed by atoms with van der Waals surface area (Å²) in [6.45, 7) is 8.96. The number of benzene rings is 2. The van der Waals surface area contributed by atoms with Crippen LogP contribution in [0.5, 0.6) is 0 Å². The predicted octanol–water partition coefficient (Wildman–Crippen LogP) is 3.65. The summed E-state index contributed by atoms with van der Waals surface area (Å²) >= 11 is 0. The SMILES string of the molecule is C=CCOC[C@H]1O[C@H](O)[C@H](OCc2ccccc2)[C@@H](OCc2ccccc2)[C@H]1OCC=C. The molecule has 0 bridgehead atoms. The van der Waals surface area contributed by atoms with E-state index < -0.39 is 30.7 Å². The first-order valence-corrected chi connectivity index (χ1v) is 10.8. The number of rotatable bonds is 13. The van der Waals surface area contributed by atoms with Gasteiger partial charge in [0.05, 0.1) is 33.0 Å². The molecule has 1 N–H and O–H groups in total. The Hall–Kier alpha value is -2.32. The molecule has 0 saturated carbocycles. The van der Waals surface area contributed by atoms with E-state index >= 15 is 0 Å². The molecule has 0 radical (unpaired) electrons. The summed E-state index contributed by atoms with van der Waals surface area (Å²) in [5.74, 6) is 0. The zero-order valence-corrected chi connectivity index (χ0v) is 18.3. The molecule has 1 aliphatic heterocycles. The van der Waals surface area contributed by atoms with Crippen LogP contribution in [-0.4, -0.2) is 55.6 Å². The van der Waals surface area contributed by atoms with Crippen LogP contribution in [0.25, 0.3) is 0 Å². The summed E-state index contributed by atoms with van der Waals surface area (Å²) in [6, 6.07) is 19.6. The third-order valence-corrected chi connectivity index (χ3v) is 5.10. The minimum absolute atomic E-state index is 0.224. The molecule has 2 aromatic carbocycles. The Morgan fingerprint density at radius 1 is 0.750 bits per heavy atom. The lowest BCUT2D eigenvalue weighted by Gasteiger charge is -2.44. The molecular formula is C26H32O6. The molecule has 3 rings (SSSR count). The van der Waals surface area contributed by atoms with E-state index in [1.807, 2.05) is 60.7 Å². The normalized spacial score (nSPS) is 25.3. The molecule has 0 spiro atoms. The first kappa shape index (κ1) is 24.3. The molecular weight excluding hydrogens is 408 g/mol. The van der Waals surface area contributed by atoms with Crippen molar-refractivity contribution in [3.63, 3.8) is 0 Å². The van der Waals surface area contributed by atoms with Gasteiger partial charge in [-0.2, -0.15) is 0 Å². The van der Waals surface area contributed by atoms with E-state index in [9.17, 15) is 5.11 Å². The van der Waals surface area contributed by atoms with E-state index in [2.05, 4.69) is 13.2 Å². The van der Waals surface area contributed by atoms with E-state index in [1.54, 1.807) is 12.2 Å². The largest absolute Gasteiger partial charge is 0.375 e. The molecule has 0 unspecified atom stereocenters. The van der Waals surface area contributed by atoms with Gasteiger partial charge >= 0.3 is 0 Å². The second-order valence-electron chi connectivity index (χ2n) is 7.50. The van der Waals surface area contributed by atoms with E-state index in [4.69, 9.17) is 23.7 Å². The van der Waals surface area contributed by atoms with E-state index in [0.29, 0.717) is 26.4 Å². The van der Waals surface area contributed by atoms with Crippen molar-refractivity contribution < 1.29 is 28.8 Å². The molecule has 1 aliphatic rings. The predicted molar refractivity (Wildman–Crippen MR) is 122 cm³/mol. The Labute approximate surface area is 190 Å². The topological polar surface area (TPSA) is 66.4 Å². The van der Waals surface area contributed by atoms with Crippen LogP contribution in [0.3, 0.4) is 0 Å². The third-order valence-electron chi connectivity index (χ3n) is 5.10. The highest BCUT2D eigenvalue weighted by molar-refractivity contribution is 5.14. The lowest BCUT2D eigenvalue weighted by molar-refractivity contribution is -0.314. The maximum atomic E-state index is 10.8. The highest BCUT2D eigenvalue weighted by Gasteiger charge is 2.47. The van der Waals surface area contributed by atoms with Gasteiger partial charge in [-0.25, -0.2) is 0 Å². The zero-order valence-electron chi connectivity index (χ0n) is 18.3. The van der Waals surface area contributed by atoms with Crippen LogP contribution < -0.4 is 0 Å². The molecule has 32 heavy (non-hydrogen) atoms. The van der Waals surface area contributed by atoms with Gasteiger partial charge in [0.25, 0.3) is 0 Å². The third kappa shape index (κ3) is 7.10. The van der Waals surface area contributed by atoms with Crippen molar-refractivity contribution in [3.8, 4) is 0 Å². The van der Waals surface area contributed by atoms with Gasteiger partial charge < -0.3 is 28.8 Å². The fourth-order valence-corrected chi connectivity index (χ4v) is 3.58. The average Bonchev–Trinajstić information content (AvgIpc) is 2.83. The van der Waals surface area contributed by atoms with E-state index in [1.165, 1.54) is 0 Å². The summed E-state index contributed by atoms with van der Waals surface area (Å²) in [6.07, 6.45) is -0.257. The summed E-state index contributed by atoms with van der Waals surface area (Å²) in [5, 5.41) is 10.8. The van der Waals surface area contributed by atoms with Gasteiger partial charge in [-0.15, -0.1) is 13.2 Å². The molecule has 5 atom stereocenters.